The average molecular weight is 415 g/mol. The number of halogens is 3. The van der Waals surface area contributed by atoms with Crippen molar-refractivity contribution >= 4 is 46.4 Å². The molecule has 0 radical (unpaired) electrons. The number of hydrogen-bond acceptors (Lipinski definition) is 5. The molecular weight excluding hydrogens is 405 g/mol. The number of carbonyl (C=O) groups is 1. The summed E-state index contributed by atoms with van der Waals surface area (Å²) in [6.45, 7) is -0.289. The molecule has 26 heavy (non-hydrogen) atoms. The molecule has 0 spiro atoms. The van der Waals surface area contributed by atoms with E-state index in [2.05, 4.69) is 20.0 Å². The minimum atomic E-state index is -0.665. The number of ether oxygens (including phenoxy) is 1. The van der Waals surface area contributed by atoms with Crippen molar-refractivity contribution in [2.75, 3.05) is 11.9 Å². The maximum absolute atomic E-state index is 12.1. The lowest BCUT2D eigenvalue weighted by molar-refractivity contribution is -0.118. The highest BCUT2D eigenvalue weighted by Gasteiger charge is 2.11. The number of anilines is 1. The fraction of sp³-hybridized carbons (Fsp3) is 0.0625. The topological polar surface area (TPSA) is 97.2 Å². The molecule has 1 amide bonds. The quantitative estimate of drug-likeness (QED) is 0.615. The number of amides is 1. The Bertz CT molecular complexity index is 1020. The lowest BCUT2D eigenvalue weighted by atomic mass is 10.2. The van der Waals surface area contributed by atoms with Gasteiger partial charge >= 0.3 is 5.76 Å². The molecule has 1 heterocycles. The Balaban J connectivity index is 1.65. The van der Waals surface area contributed by atoms with Gasteiger partial charge in [-0.2, -0.15) is 0 Å². The van der Waals surface area contributed by atoms with E-state index >= 15 is 0 Å². The van der Waals surface area contributed by atoms with Gasteiger partial charge in [0, 0.05) is 17.3 Å². The summed E-state index contributed by atoms with van der Waals surface area (Å²) in [6, 6.07) is 9.55. The first-order chi connectivity index (χ1) is 12.4. The van der Waals surface area contributed by atoms with Crippen LogP contribution in [0.25, 0.3) is 11.4 Å². The molecule has 7 nitrogen and oxygen atoms in total. The number of aromatic amines is 1. The van der Waals surface area contributed by atoms with Gasteiger partial charge in [-0.15, -0.1) is 0 Å². The summed E-state index contributed by atoms with van der Waals surface area (Å²) in [7, 11) is 0. The molecule has 3 rings (SSSR count). The minimum Gasteiger partial charge on any atom is -0.482 e. The van der Waals surface area contributed by atoms with E-state index in [9.17, 15) is 9.59 Å². The Kier molecular flexibility index (Phi) is 5.51. The molecular formula is C16H10Cl3N3O4. The van der Waals surface area contributed by atoms with Crippen molar-refractivity contribution in [2.45, 2.75) is 0 Å². The van der Waals surface area contributed by atoms with E-state index in [1.165, 1.54) is 12.1 Å². The fourth-order valence-electron chi connectivity index (χ4n) is 2.05. The molecule has 3 aromatic rings. The molecule has 1 aromatic heterocycles. The molecule has 10 heteroatoms. The smallest absolute Gasteiger partial charge is 0.439 e. The second-order valence-corrected chi connectivity index (χ2v) is 6.28. The maximum atomic E-state index is 12.1. The van der Waals surface area contributed by atoms with Gasteiger partial charge in [-0.3, -0.25) is 14.3 Å². The summed E-state index contributed by atoms with van der Waals surface area (Å²) < 4.78 is 9.82. The molecule has 134 valence electrons. The van der Waals surface area contributed by atoms with E-state index in [0.29, 0.717) is 11.3 Å². The van der Waals surface area contributed by atoms with Crippen molar-refractivity contribution in [1.29, 1.82) is 0 Å². The van der Waals surface area contributed by atoms with Gasteiger partial charge in [-0.1, -0.05) is 52.1 Å². The summed E-state index contributed by atoms with van der Waals surface area (Å²) in [6.07, 6.45) is 0. The molecule has 0 saturated carbocycles. The van der Waals surface area contributed by atoms with Crippen LogP contribution in [0.5, 0.6) is 5.75 Å². The lowest BCUT2D eigenvalue weighted by Crippen LogP contribution is -2.20. The van der Waals surface area contributed by atoms with E-state index in [4.69, 9.17) is 39.5 Å². The third kappa shape index (κ3) is 4.37. The molecule has 0 aliphatic rings. The number of benzene rings is 2. The second-order valence-electron chi connectivity index (χ2n) is 5.06. The van der Waals surface area contributed by atoms with Gasteiger partial charge in [-0.05, 0) is 18.2 Å². The van der Waals surface area contributed by atoms with Gasteiger partial charge in [0.25, 0.3) is 5.91 Å². The summed E-state index contributed by atoms with van der Waals surface area (Å²) in [4.78, 5) is 25.5. The van der Waals surface area contributed by atoms with Crippen LogP contribution in [0.15, 0.2) is 45.7 Å². The van der Waals surface area contributed by atoms with Gasteiger partial charge in [0.2, 0.25) is 0 Å². The second kappa shape index (κ2) is 7.82. The van der Waals surface area contributed by atoms with E-state index in [1.807, 2.05) is 0 Å². The van der Waals surface area contributed by atoms with Gasteiger partial charge < -0.3 is 10.1 Å². The van der Waals surface area contributed by atoms with Crippen LogP contribution in [0, 0.1) is 0 Å². The predicted octanol–water partition coefficient (Wildman–Crippen LogP) is 4.01. The van der Waals surface area contributed by atoms with Crippen molar-refractivity contribution in [3.05, 3.63) is 62.0 Å². The summed E-state index contributed by atoms with van der Waals surface area (Å²) in [5.74, 6) is -0.589. The molecule has 0 bridgehead atoms. The predicted molar refractivity (Wildman–Crippen MR) is 98.2 cm³/mol. The number of H-pyrrole nitrogens is 1. The summed E-state index contributed by atoms with van der Waals surface area (Å²) in [5, 5.41) is 7.04. The number of hydrogen-bond donors (Lipinski definition) is 2. The molecule has 2 N–H and O–H groups in total. The molecule has 0 saturated heterocycles. The van der Waals surface area contributed by atoms with Gasteiger partial charge in [0.1, 0.15) is 5.75 Å². The first-order valence-electron chi connectivity index (χ1n) is 7.16. The highest BCUT2D eigenvalue weighted by Crippen LogP contribution is 2.33. The standard InChI is InChI=1S/C16H10Cl3N3O4/c17-10-5-12(19)13(6-11(10)18)25-7-14(23)20-9-3-1-2-8(4-9)15-21-16(24)26-22-15/h1-6H,7H2,(H,20,23)(H,21,22,24). The van der Waals surface area contributed by atoms with Crippen LogP contribution in [-0.2, 0) is 4.79 Å². The molecule has 0 unspecified atom stereocenters. The SMILES string of the molecule is O=C(COc1cc(Cl)c(Cl)cc1Cl)Nc1cccc(-c2noc(=O)[nH]2)c1. The molecule has 0 fully saturated rings. The van der Waals surface area contributed by atoms with Crippen LogP contribution in [0.1, 0.15) is 0 Å². The Hall–Kier alpha value is -2.48. The highest BCUT2D eigenvalue weighted by molar-refractivity contribution is 6.43. The van der Waals surface area contributed by atoms with Gasteiger partial charge in [0.15, 0.2) is 12.4 Å². The minimum absolute atomic E-state index is 0.240. The summed E-state index contributed by atoms with van der Waals surface area (Å²) >= 11 is 17.7. The molecule has 0 aliphatic carbocycles. The molecule has 0 aliphatic heterocycles. The maximum Gasteiger partial charge on any atom is 0.439 e. The zero-order valence-corrected chi connectivity index (χ0v) is 15.2. The molecule has 0 atom stereocenters. The van der Waals surface area contributed by atoms with E-state index < -0.39 is 11.7 Å². The lowest BCUT2D eigenvalue weighted by Gasteiger charge is -2.10. The van der Waals surface area contributed by atoms with E-state index in [-0.39, 0.29) is 33.2 Å². The largest absolute Gasteiger partial charge is 0.482 e. The van der Waals surface area contributed by atoms with Crippen molar-refractivity contribution in [2.24, 2.45) is 0 Å². The van der Waals surface area contributed by atoms with Crippen LogP contribution in [0.3, 0.4) is 0 Å². The van der Waals surface area contributed by atoms with Gasteiger partial charge in [-0.25, -0.2) is 4.79 Å². The van der Waals surface area contributed by atoms with Crippen LogP contribution in [-0.4, -0.2) is 22.7 Å². The third-order valence-electron chi connectivity index (χ3n) is 3.19. The first-order valence-corrected chi connectivity index (χ1v) is 8.29. The monoisotopic (exact) mass is 413 g/mol. The number of nitrogens with zero attached hydrogens (tertiary/aromatic N) is 1. The fourth-order valence-corrected chi connectivity index (χ4v) is 2.65. The van der Waals surface area contributed by atoms with Crippen molar-refractivity contribution in [3.63, 3.8) is 0 Å². The Labute approximate surface area is 161 Å². The van der Waals surface area contributed by atoms with Gasteiger partial charge in [0.05, 0.1) is 15.1 Å². The Morgan fingerprint density at radius 3 is 2.65 bits per heavy atom. The third-order valence-corrected chi connectivity index (χ3v) is 4.21. The van der Waals surface area contributed by atoms with E-state index in [1.54, 1.807) is 24.3 Å². The highest BCUT2D eigenvalue weighted by atomic mass is 35.5. The van der Waals surface area contributed by atoms with Crippen LogP contribution in [0.2, 0.25) is 15.1 Å². The van der Waals surface area contributed by atoms with Crippen molar-refractivity contribution in [3.8, 4) is 17.1 Å². The summed E-state index contributed by atoms with van der Waals surface area (Å²) in [5.41, 5.74) is 1.06. The van der Waals surface area contributed by atoms with Crippen molar-refractivity contribution in [1.82, 2.24) is 10.1 Å². The first kappa shape index (κ1) is 18.3. The zero-order chi connectivity index (χ0) is 18.7. The van der Waals surface area contributed by atoms with E-state index in [0.717, 1.165) is 0 Å². The molecule has 2 aromatic carbocycles. The number of aromatic nitrogens is 2. The zero-order valence-electron chi connectivity index (χ0n) is 12.9. The van der Waals surface area contributed by atoms with Crippen LogP contribution >= 0.6 is 34.8 Å². The average Bonchev–Trinajstić information content (AvgIpc) is 3.04. The number of rotatable bonds is 5. The van der Waals surface area contributed by atoms with Crippen LogP contribution < -0.4 is 15.8 Å². The normalized spacial score (nSPS) is 10.6. The Morgan fingerprint density at radius 1 is 1.15 bits per heavy atom. The van der Waals surface area contributed by atoms with Crippen molar-refractivity contribution < 1.29 is 14.1 Å². The Morgan fingerprint density at radius 2 is 1.92 bits per heavy atom. The number of carbonyl (C=O) groups excluding carboxylic acids is 1. The number of nitrogens with one attached hydrogen (secondary N) is 2. The van der Waals surface area contributed by atoms with Crippen LogP contribution in [0.4, 0.5) is 5.69 Å².